The minimum atomic E-state index is -0.321. The molecular formula is C15H23BO4. The number of rotatable bonds is 5. The predicted molar refractivity (Wildman–Crippen MR) is 79.9 cm³/mol. The van der Waals surface area contributed by atoms with Gasteiger partial charge in [-0.3, -0.25) is 0 Å². The second-order valence-electron chi connectivity index (χ2n) is 5.01. The van der Waals surface area contributed by atoms with Crippen molar-refractivity contribution in [3.8, 4) is 11.5 Å². The molecule has 1 aliphatic heterocycles. The largest absolute Gasteiger partial charge is 0.494 e. The predicted octanol–water partition coefficient (Wildman–Crippen LogP) is 2.39. The van der Waals surface area contributed by atoms with Crippen molar-refractivity contribution in [2.75, 3.05) is 14.2 Å². The molecule has 5 heteroatoms. The molecule has 4 nitrogen and oxygen atoms in total. The standard InChI is InChI=1S/C15H23BO4/c1-5-12-10-13(6-2)20-16(19-12)11-7-8-14(17-3)15(9-11)18-4/h7-9,12-13H,5-6,10H2,1-4H3. The van der Waals surface area contributed by atoms with Gasteiger partial charge in [-0.25, -0.2) is 0 Å². The third kappa shape index (κ3) is 3.27. The van der Waals surface area contributed by atoms with Crippen LogP contribution in [0, 0.1) is 0 Å². The summed E-state index contributed by atoms with van der Waals surface area (Å²) in [5, 5.41) is 0. The van der Waals surface area contributed by atoms with E-state index in [1.807, 2.05) is 18.2 Å². The van der Waals surface area contributed by atoms with Gasteiger partial charge in [-0.2, -0.15) is 0 Å². The van der Waals surface area contributed by atoms with Crippen molar-refractivity contribution in [2.45, 2.75) is 45.3 Å². The smallest absolute Gasteiger partial charge is 0.493 e. The Bertz CT molecular complexity index is 426. The lowest BCUT2D eigenvalue weighted by Gasteiger charge is -2.33. The van der Waals surface area contributed by atoms with E-state index in [4.69, 9.17) is 18.8 Å². The molecule has 0 saturated carbocycles. The zero-order valence-corrected chi connectivity index (χ0v) is 12.7. The molecule has 0 amide bonds. The van der Waals surface area contributed by atoms with Gasteiger partial charge in [-0.15, -0.1) is 0 Å². The monoisotopic (exact) mass is 278 g/mol. The Morgan fingerprint density at radius 1 is 1.05 bits per heavy atom. The van der Waals surface area contributed by atoms with Crippen molar-refractivity contribution < 1.29 is 18.8 Å². The molecule has 1 fully saturated rings. The summed E-state index contributed by atoms with van der Waals surface area (Å²) in [6.07, 6.45) is 3.49. The average Bonchev–Trinajstić information content (AvgIpc) is 2.53. The van der Waals surface area contributed by atoms with Crippen LogP contribution < -0.4 is 14.9 Å². The number of hydrogen-bond acceptors (Lipinski definition) is 4. The van der Waals surface area contributed by atoms with Gasteiger partial charge < -0.3 is 18.8 Å². The zero-order chi connectivity index (χ0) is 14.5. The fraction of sp³-hybridized carbons (Fsp3) is 0.600. The highest BCUT2D eigenvalue weighted by molar-refractivity contribution is 6.61. The highest BCUT2D eigenvalue weighted by Crippen LogP contribution is 2.26. The van der Waals surface area contributed by atoms with Crippen molar-refractivity contribution >= 4 is 12.6 Å². The van der Waals surface area contributed by atoms with Crippen LogP contribution in [0.4, 0.5) is 0 Å². The number of methoxy groups -OCH3 is 2. The van der Waals surface area contributed by atoms with Crippen LogP contribution in [0.5, 0.6) is 11.5 Å². The first-order valence-electron chi connectivity index (χ1n) is 7.24. The van der Waals surface area contributed by atoms with Crippen LogP contribution >= 0.6 is 0 Å². The fourth-order valence-corrected chi connectivity index (χ4v) is 2.47. The lowest BCUT2D eigenvalue weighted by atomic mass is 9.76. The summed E-state index contributed by atoms with van der Waals surface area (Å²) in [6.45, 7) is 4.29. The van der Waals surface area contributed by atoms with Crippen molar-refractivity contribution in [1.82, 2.24) is 0 Å². The lowest BCUT2D eigenvalue weighted by Crippen LogP contribution is -2.48. The minimum absolute atomic E-state index is 0.256. The molecule has 0 aromatic heterocycles. The number of hydrogen-bond donors (Lipinski definition) is 0. The molecule has 20 heavy (non-hydrogen) atoms. The molecule has 2 rings (SSSR count). The molecule has 1 aromatic rings. The van der Waals surface area contributed by atoms with E-state index in [2.05, 4.69) is 13.8 Å². The highest BCUT2D eigenvalue weighted by atomic mass is 16.6. The first-order valence-corrected chi connectivity index (χ1v) is 7.24. The van der Waals surface area contributed by atoms with Crippen LogP contribution in [0.15, 0.2) is 18.2 Å². The first kappa shape index (κ1) is 15.2. The highest BCUT2D eigenvalue weighted by Gasteiger charge is 2.34. The van der Waals surface area contributed by atoms with E-state index in [0.29, 0.717) is 11.5 Å². The summed E-state index contributed by atoms with van der Waals surface area (Å²) in [4.78, 5) is 0. The van der Waals surface area contributed by atoms with Gasteiger partial charge in [-0.05, 0) is 36.9 Å². The number of benzene rings is 1. The third-order valence-electron chi connectivity index (χ3n) is 3.75. The van der Waals surface area contributed by atoms with E-state index < -0.39 is 0 Å². The lowest BCUT2D eigenvalue weighted by molar-refractivity contribution is 0.0194. The van der Waals surface area contributed by atoms with E-state index in [1.54, 1.807) is 14.2 Å². The third-order valence-corrected chi connectivity index (χ3v) is 3.75. The van der Waals surface area contributed by atoms with E-state index in [-0.39, 0.29) is 19.3 Å². The Kier molecular flexibility index (Phi) is 5.32. The molecule has 1 aliphatic rings. The number of ether oxygens (including phenoxy) is 2. The van der Waals surface area contributed by atoms with Crippen molar-refractivity contribution in [3.63, 3.8) is 0 Å². The Morgan fingerprint density at radius 2 is 1.65 bits per heavy atom. The molecule has 1 saturated heterocycles. The molecule has 1 heterocycles. The van der Waals surface area contributed by atoms with E-state index in [0.717, 1.165) is 24.7 Å². The van der Waals surface area contributed by atoms with Crippen molar-refractivity contribution in [2.24, 2.45) is 0 Å². The Hall–Kier alpha value is -1.20. The Morgan fingerprint density at radius 3 is 2.15 bits per heavy atom. The minimum Gasteiger partial charge on any atom is -0.493 e. The van der Waals surface area contributed by atoms with Crippen LogP contribution in [-0.4, -0.2) is 33.5 Å². The summed E-state index contributed by atoms with van der Waals surface area (Å²) in [7, 11) is 2.94. The SMILES string of the molecule is CCC1CC(CC)OB(c2ccc(OC)c(OC)c2)O1. The van der Waals surface area contributed by atoms with Crippen LogP contribution in [0.2, 0.25) is 0 Å². The zero-order valence-electron chi connectivity index (χ0n) is 12.7. The van der Waals surface area contributed by atoms with Crippen molar-refractivity contribution in [3.05, 3.63) is 18.2 Å². The van der Waals surface area contributed by atoms with E-state index >= 15 is 0 Å². The molecule has 0 bridgehead atoms. The van der Waals surface area contributed by atoms with Gasteiger partial charge in [0.25, 0.3) is 0 Å². The second-order valence-corrected chi connectivity index (χ2v) is 5.01. The molecule has 1 aromatic carbocycles. The first-order chi connectivity index (χ1) is 9.71. The molecule has 110 valence electrons. The normalized spacial score (nSPS) is 22.7. The Balaban J connectivity index is 2.21. The second kappa shape index (κ2) is 7.00. The van der Waals surface area contributed by atoms with Gasteiger partial charge >= 0.3 is 7.12 Å². The van der Waals surface area contributed by atoms with E-state index in [9.17, 15) is 0 Å². The van der Waals surface area contributed by atoms with Crippen molar-refractivity contribution in [1.29, 1.82) is 0 Å². The maximum absolute atomic E-state index is 6.01. The topological polar surface area (TPSA) is 36.9 Å². The molecule has 0 aliphatic carbocycles. The maximum Gasteiger partial charge on any atom is 0.494 e. The van der Waals surface area contributed by atoms with Gasteiger partial charge in [0, 0.05) is 12.2 Å². The molecule has 2 atom stereocenters. The van der Waals surface area contributed by atoms with Crippen LogP contribution in [0.25, 0.3) is 0 Å². The molecule has 2 unspecified atom stereocenters. The average molecular weight is 278 g/mol. The van der Waals surface area contributed by atoms with Crippen LogP contribution in [-0.2, 0) is 9.31 Å². The molecular weight excluding hydrogens is 255 g/mol. The molecule has 0 radical (unpaired) electrons. The summed E-state index contributed by atoms with van der Waals surface area (Å²) in [5.41, 5.74) is 0.972. The van der Waals surface area contributed by atoms with Gasteiger partial charge in [0.15, 0.2) is 11.5 Å². The van der Waals surface area contributed by atoms with E-state index in [1.165, 1.54) is 0 Å². The summed E-state index contributed by atoms with van der Waals surface area (Å²) < 4.78 is 22.6. The Labute approximate surface area is 121 Å². The van der Waals surface area contributed by atoms with Gasteiger partial charge in [0.2, 0.25) is 0 Å². The van der Waals surface area contributed by atoms with Gasteiger partial charge in [0.05, 0.1) is 14.2 Å². The summed E-state index contributed by atoms with van der Waals surface area (Å²) in [6, 6.07) is 5.78. The van der Waals surface area contributed by atoms with Gasteiger partial charge in [0.1, 0.15) is 0 Å². The molecule has 0 N–H and O–H groups in total. The quantitative estimate of drug-likeness (QED) is 0.775. The fourth-order valence-electron chi connectivity index (χ4n) is 2.47. The van der Waals surface area contributed by atoms with Crippen LogP contribution in [0.3, 0.4) is 0 Å². The molecule has 0 spiro atoms. The summed E-state index contributed by atoms with van der Waals surface area (Å²) in [5.74, 6) is 1.41. The van der Waals surface area contributed by atoms with Crippen LogP contribution in [0.1, 0.15) is 33.1 Å². The summed E-state index contributed by atoms with van der Waals surface area (Å²) >= 11 is 0. The van der Waals surface area contributed by atoms with Gasteiger partial charge in [-0.1, -0.05) is 19.9 Å². The maximum atomic E-state index is 6.01.